The first-order valence-corrected chi connectivity index (χ1v) is 19.6. The van der Waals surface area contributed by atoms with E-state index in [4.69, 9.17) is 16.9 Å². The number of guanidine groups is 1. The van der Waals surface area contributed by atoms with Crippen molar-refractivity contribution in [3.05, 3.63) is 29.8 Å². The van der Waals surface area contributed by atoms with Crippen molar-refractivity contribution in [2.75, 3.05) is 6.54 Å². The molecule has 22 heteroatoms. The maximum Gasteiger partial charge on any atom is 0.325 e. The highest BCUT2D eigenvalue weighted by Gasteiger charge is 2.36. The van der Waals surface area contributed by atoms with Gasteiger partial charge in [-0.05, 0) is 69.1 Å². The molecule has 0 saturated carbocycles. The molecule has 0 heterocycles. The van der Waals surface area contributed by atoms with Gasteiger partial charge in [0.2, 0.25) is 35.4 Å². The van der Waals surface area contributed by atoms with E-state index in [1.807, 2.05) is 0 Å². The van der Waals surface area contributed by atoms with E-state index in [-0.39, 0.29) is 49.9 Å². The molecule has 0 bridgehead atoms. The molecule has 0 aliphatic heterocycles. The molecule has 0 aliphatic rings. The average Bonchev–Trinajstić information content (AvgIpc) is 3.15. The minimum atomic E-state index is -1.88. The number of carboxylic acids is 1. The standard InChI is InChI=1S/C38H64N10O12/c1-18(2)16-26(33(55)43-20(5)37(59)60)46-32(54)25(13-14-28(51)52)44-35(57)29(19(3)4)47-36(58)30(21(6)49)48-34(56)27(17-22-9-11-23(50)12-10-22)45-31(53)24(39)8-7-15-42-38(40)41/h9-12,18-21,24-30,49-52H,7-8,13-17,39H2,1-6H3,(H,43,55)(H,44,57)(H,45,53)(H,46,54)(H,47,58)(H,48,56)(H,59,60)(H4,40,41,42)/t20-,21?,24-,25-,26-,27-,29-,30-/m1/s1. The van der Waals surface area contributed by atoms with Gasteiger partial charge in [-0.25, -0.2) is 0 Å². The first kappa shape index (κ1) is 52.4. The summed E-state index contributed by atoms with van der Waals surface area (Å²) >= 11 is 0. The highest BCUT2D eigenvalue weighted by molar-refractivity contribution is 5.97. The fourth-order valence-corrected chi connectivity index (χ4v) is 5.67. The maximum absolute atomic E-state index is 13.7. The van der Waals surface area contributed by atoms with Crippen molar-refractivity contribution in [2.45, 2.75) is 135 Å². The van der Waals surface area contributed by atoms with Crippen LogP contribution in [0.25, 0.3) is 0 Å². The Hall–Kier alpha value is -5.58. The minimum absolute atomic E-state index is 0.0529. The summed E-state index contributed by atoms with van der Waals surface area (Å²) in [6.45, 7) is 9.34. The lowest BCUT2D eigenvalue weighted by atomic mass is 9.99. The molecule has 1 rings (SSSR count). The number of aliphatic carboxylic acids is 1. The Morgan fingerprint density at radius 3 is 1.70 bits per heavy atom. The summed E-state index contributed by atoms with van der Waals surface area (Å²) in [7, 11) is 0. The molecule has 0 fully saturated rings. The maximum atomic E-state index is 13.7. The Morgan fingerprint density at radius 1 is 0.667 bits per heavy atom. The molecule has 1 unspecified atom stereocenters. The number of amides is 6. The van der Waals surface area contributed by atoms with Gasteiger partial charge in [-0.1, -0.05) is 39.8 Å². The summed E-state index contributed by atoms with van der Waals surface area (Å²) in [4.78, 5) is 92.1. The molecule has 0 radical (unpaired) electrons. The lowest BCUT2D eigenvalue weighted by molar-refractivity contribution is -0.142. The zero-order valence-electron chi connectivity index (χ0n) is 34.9. The van der Waals surface area contributed by atoms with Gasteiger partial charge in [-0.2, -0.15) is 0 Å². The molecule has 1 aromatic carbocycles. The number of hydrogen-bond acceptors (Lipinski definition) is 13. The van der Waals surface area contributed by atoms with Crippen LogP contribution in [-0.2, 0) is 40.0 Å². The quantitative estimate of drug-likeness (QED) is 0.0188. The highest BCUT2D eigenvalue weighted by Crippen LogP contribution is 2.13. The molecule has 8 atom stereocenters. The van der Waals surface area contributed by atoms with E-state index in [1.54, 1.807) is 27.7 Å². The fraction of sp³-hybridized carbons (Fsp3) is 0.632. The number of carbonyl (C=O) groups excluding carboxylic acids is 6. The van der Waals surface area contributed by atoms with Crippen LogP contribution in [0.5, 0.6) is 5.75 Å². The number of carbonyl (C=O) groups is 7. The smallest absolute Gasteiger partial charge is 0.325 e. The Bertz CT molecular complexity index is 1610. The molecule has 0 spiro atoms. The van der Waals surface area contributed by atoms with Crippen molar-refractivity contribution >= 4 is 47.4 Å². The van der Waals surface area contributed by atoms with Crippen LogP contribution in [0.15, 0.2) is 24.3 Å². The van der Waals surface area contributed by atoms with Crippen LogP contribution in [0.1, 0.15) is 79.2 Å². The van der Waals surface area contributed by atoms with Crippen LogP contribution in [0.3, 0.4) is 0 Å². The normalized spacial score (nSPS) is 15.3. The van der Waals surface area contributed by atoms with Crippen LogP contribution in [-0.4, -0.2) is 134 Å². The van der Waals surface area contributed by atoms with Crippen molar-refractivity contribution in [1.82, 2.24) is 37.2 Å². The number of hydrogen-bond donors (Lipinski definition) is 15. The van der Waals surface area contributed by atoms with Gasteiger partial charge in [-0.15, -0.1) is 0 Å². The van der Waals surface area contributed by atoms with Crippen molar-refractivity contribution in [2.24, 2.45) is 23.3 Å². The van der Waals surface area contributed by atoms with Gasteiger partial charge in [0.15, 0.2) is 12.2 Å². The van der Waals surface area contributed by atoms with Gasteiger partial charge in [0.25, 0.3) is 0 Å². The second-order valence-electron chi connectivity index (χ2n) is 15.4. The molecule has 338 valence electrons. The molecule has 60 heavy (non-hydrogen) atoms. The van der Waals surface area contributed by atoms with Crippen LogP contribution in [0, 0.1) is 17.2 Å². The van der Waals surface area contributed by atoms with Crippen molar-refractivity contribution in [3.63, 3.8) is 0 Å². The molecule has 17 N–H and O–H groups in total. The fourth-order valence-electron chi connectivity index (χ4n) is 5.67. The first-order valence-electron chi connectivity index (χ1n) is 19.6. The zero-order chi connectivity index (χ0) is 45.9. The number of benzene rings is 1. The van der Waals surface area contributed by atoms with Crippen molar-refractivity contribution in [3.8, 4) is 5.75 Å². The average molecular weight is 853 g/mol. The summed E-state index contributed by atoms with van der Waals surface area (Å²) < 4.78 is 0. The van der Waals surface area contributed by atoms with Gasteiger partial charge in [-0.3, -0.25) is 39.0 Å². The molecular formula is C38H64N10O12. The lowest BCUT2D eigenvalue weighted by Gasteiger charge is -2.30. The lowest BCUT2D eigenvalue weighted by Crippen LogP contribution is -2.62. The van der Waals surface area contributed by atoms with Gasteiger partial charge in [0.05, 0.1) is 12.1 Å². The Labute approximate surface area is 348 Å². The highest BCUT2D eigenvalue weighted by atomic mass is 16.5. The van der Waals surface area contributed by atoms with E-state index >= 15 is 0 Å². The topological polar surface area (TPSA) is 381 Å². The number of nitrogens with two attached hydrogens (primary N) is 2. The van der Waals surface area contributed by atoms with Crippen LogP contribution >= 0.6 is 0 Å². The Balaban J connectivity index is 3.30. The van der Waals surface area contributed by atoms with E-state index in [2.05, 4.69) is 37.2 Å². The molecular weight excluding hydrogens is 788 g/mol. The van der Waals surface area contributed by atoms with E-state index < -0.39 is 108 Å². The number of carboxylic acid groups (broad SMARTS) is 1. The summed E-state index contributed by atoms with van der Waals surface area (Å²) in [5.41, 5.74) is 11.8. The van der Waals surface area contributed by atoms with E-state index in [0.29, 0.717) is 12.0 Å². The van der Waals surface area contributed by atoms with Gasteiger partial charge in [0.1, 0.15) is 42.0 Å². The first-order chi connectivity index (χ1) is 27.9. The summed E-state index contributed by atoms with van der Waals surface area (Å²) in [6.07, 6.45) is -3.71. The minimum Gasteiger partial charge on any atom is -0.508 e. The predicted molar refractivity (Wildman–Crippen MR) is 217 cm³/mol. The molecule has 0 saturated heterocycles. The Kier molecular flexibility index (Phi) is 22.6. The number of rotatable bonds is 26. The van der Waals surface area contributed by atoms with Crippen molar-refractivity contribution in [1.29, 1.82) is 5.41 Å². The largest absolute Gasteiger partial charge is 0.508 e. The third-order valence-electron chi connectivity index (χ3n) is 9.08. The second kappa shape index (κ2) is 25.8. The number of phenols is 1. The number of phenolic OH excluding ortho intramolecular Hbond substituents is 1. The molecule has 0 aliphatic carbocycles. The van der Waals surface area contributed by atoms with Gasteiger partial charge in [0, 0.05) is 19.4 Å². The van der Waals surface area contributed by atoms with Crippen LogP contribution in [0.4, 0.5) is 0 Å². The number of aliphatic hydroxyl groups excluding tert-OH is 2. The van der Waals surface area contributed by atoms with Gasteiger partial charge >= 0.3 is 5.97 Å². The predicted octanol–water partition coefficient (Wildman–Crippen LogP) is -3.29. The Morgan fingerprint density at radius 2 is 1.18 bits per heavy atom. The van der Waals surface area contributed by atoms with Crippen LogP contribution < -0.4 is 48.7 Å². The summed E-state index contributed by atoms with van der Waals surface area (Å²) in [6, 6.07) is -3.77. The molecule has 0 aromatic heterocycles. The summed E-state index contributed by atoms with van der Waals surface area (Å²) in [5, 5.41) is 73.3. The SMILES string of the molecule is CC(C)C[C@@H](NC(=O)[C@@H](CCC(O)O)NC(=O)[C@H](NC(=O)[C@H](NC(=O)[C@@H](Cc1ccc(O)cc1)NC(=O)[C@H](N)CCCNC(=N)N)C(C)O)C(C)C)C(=O)N[C@H](C)C(=O)O. The third kappa shape index (κ3) is 19.4. The second-order valence-corrected chi connectivity index (χ2v) is 15.4. The van der Waals surface area contributed by atoms with Crippen molar-refractivity contribution < 1.29 is 59.1 Å². The summed E-state index contributed by atoms with van der Waals surface area (Å²) in [5.74, 6) is -7.73. The van der Waals surface area contributed by atoms with E-state index in [9.17, 15) is 59.1 Å². The number of aliphatic hydroxyl groups is 3. The third-order valence-corrected chi connectivity index (χ3v) is 9.08. The zero-order valence-corrected chi connectivity index (χ0v) is 34.9. The van der Waals surface area contributed by atoms with E-state index in [1.165, 1.54) is 38.1 Å². The number of nitrogens with one attached hydrogen (secondary N) is 8. The van der Waals surface area contributed by atoms with Crippen LogP contribution in [0.2, 0.25) is 0 Å². The molecule has 22 nitrogen and oxygen atoms in total. The molecule has 6 amide bonds. The number of aromatic hydroxyl groups is 1. The monoisotopic (exact) mass is 852 g/mol. The molecule has 1 aromatic rings. The van der Waals surface area contributed by atoms with Gasteiger partial charge < -0.3 is 74.2 Å². The van der Waals surface area contributed by atoms with E-state index in [0.717, 1.165) is 0 Å².